The highest BCUT2D eigenvalue weighted by Crippen LogP contribution is 2.33. The van der Waals surface area contributed by atoms with Gasteiger partial charge in [-0.25, -0.2) is 9.97 Å². The molecule has 0 N–H and O–H groups in total. The third-order valence-corrected chi connectivity index (χ3v) is 5.49. The Morgan fingerprint density at radius 2 is 1.70 bits per heavy atom. The van der Waals surface area contributed by atoms with E-state index >= 15 is 0 Å². The number of benzene rings is 3. The summed E-state index contributed by atoms with van der Waals surface area (Å²) in [7, 11) is 0. The highest BCUT2D eigenvalue weighted by Gasteiger charge is 2.22. The number of hydrogen-bond acceptors (Lipinski definition) is 4. The van der Waals surface area contributed by atoms with Gasteiger partial charge >= 0.3 is 0 Å². The summed E-state index contributed by atoms with van der Waals surface area (Å²) in [4.78, 5) is 11.5. The van der Waals surface area contributed by atoms with Crippen LogP contribution < -0.4 is 9.64 Å². The summed E-state index contributed by atoms with van der Waals surface area (Å²) in [6.45, 7) is 1.41. The predicted octanol–water partition coefficient (Wildman–Crippen LogP) is 6.07. The van der Waals surface area contributed by atoms with E-state index in [0.717, 1.165) is 46.5 Å². The average Bonchev–Trinajstić information content (AvgIpc) is 3.23. The molecule has 0 unspecified atom stereocenters. The van der Waals surface area contributed by atoms with Crippen LogP contribution in [0.1, 0.15) is 11.1 Å². The van der Waals surface area contributed by atoms with Crippen molar-refractivity contribution in [1.29, 1.82) is 0 Å². The van der Waals surface area contributed by atoms with Gasteiger partial charge in [-0.15, -0.1) is 0 Å². The lowest BCUT2D eigenvalue weighted by atomic mass is 10.1. The highest BCUT2D eigenvalue weighted by atomic mass is 35.5. The summed E-state index contributed by atoms with van der Waals surface area (Å²) < 4.78 is 5.88. The molecule has 0 saturated carbocycles. The molecule has 1 aliphatic rings. The molecule has 2 heterocycles. The second-order valence-electron chi connectivity index (χ2n) is 7.21. The first-order valence-electron chi connectivity index (χ1n) is 9.92. The average molecular weight is 414 g/mol. The molecule has 3 aromatic carbocycles. The number of hydrogen-bond donors (Lipinski definition) is 0. The van der Waals surface area contributed by atoms with Crippen LogP contribution in [0.15, 0.2) is 85.1 Å². The van der Waals surface area contributed by atoms with Crippen LogP contribution in [0.2, 0.25) is 5.02 Å². The first-order chi connectivity index (χ1) is 14.8. The number of rotatable bonds is 5. The quantitative estimate of drug-likeness (QED) is 0.398. The first-order valence-corrected chi connectivity index (χ1v) is 10.3. The Morgan fingerprint density at radius 3 is 2.53 bits per heavy atom. The maximum atomic E-state index is 5.93. The third kappa shape index (κ3) is 3.87. The molecule has 148 valence electrons. The molecule has 0 radical (unpaired) electrons. The smallest absolute Gasteiger partial charge is 0.230 e. The van der Waals surface area contributed by atoms with Crippen LogP contribution >= 0.6 is 11.6 Å². The summed E-state index contributed by atoms with van der Waals surface area (Å²) in [5, 5.41) is 0.727. The van der Waals surface area contributed by atoms with E-state index in [9.17, 15) is 0 Å². The molecule has 0 atom stereocenters. The van der Waals surface area contributed by atoms with Crippen molar-refractivity contribution < 1.29 is 4.74 Å². The number of fused-ring (bicyclic) bond motifs is 1. The Bertz CT molecular complexity index is 1160. The van der Waals surface area contributed by atoms with Crippen LogP contribution in [-0.4, -0.2) is 16.5 Å². The second kappa shape index (κ2) is 8.17. The van der Waals surface area contributed by atoms with Gasteiger partial charge in [0.25, 0.3) is 0 Å². The summed E-state index contributed by atoms with van der Waals surface area (Å²) in [6.07, 6.45) is 2.84. The zero-order valence-electron chi connectivity index (χ0n) is 16.3. The van der Waals surface area contributed by atoms with Crippen molar-refractivity contribution >= 4 is 23.2 Å². The van der Waals surface area contributed by atoms with Crippen molar-refractivity contribution in [2.45, 2.75) is 13.0 Å². The van der Waals surface area contributed by atoms with Crippen LogP contribution in [0.25, 0.3) is 11.3 Å². The standard InChI is InChI=1S/C25H20ClN3O/c26-21-9-5-18(6-10-21)17-30-22-11-7-19(8-12-22)23-13-15-27-25(28-23)29-16-14-20-3-1-2-4-24(20)29/h1-13,15H,14,16-17H2. The molecule has 30 heavy (non-hydrogen) atoms. The molecule has 0 aliphatic carbocycles. The number of para-hydroxylation sites is 1. The lowest BCUT2D eigenvalue weighted by molar-refractivity contribution is 0.306. The molecule has 4 nitrogen and oxygen atoms in total. The van der Waals surface area contributed by atoms with Crippen LogP contribution in [-0.2, 0) is 13.0 Å². The van der Waals surface area contributed by atoms with Crippen molar-refractivity contribution in [1.82, 2.24) is 9.97 Å². The van der Waals surface area contributed by atoms with E-state index < -0.39 is 0 Å². The van der Waals surface area contributed by atoms with E-state index in [4.69, 9.17) is 21.3 Å². The molecular weight excluding hydrogens is 394 g/mol. The fourth-order valence-electron chi connectivity index (χ4n) is 3.65. The molecule has 0 amide bonds. The summed E-state index contributed by atoms with van der Waals surface area (Å²) in [5.74, 6) is 1.55. The zero-order chi connectivity index (χ0) is 20.3. The van der Waals surface area contributed by atoms with Gasteiger partial charge in [-0.1, -0.05) is 41.9 Å². The lowest BCUT2D eigenvalue weighted by Crippen LogP contribution is -2.16. The van der Waals surface area contributed by atoms with E-state index in [-0.39, 0.29) is 0 Å². The Hall–Kier alpha value is -3.37. The van der Waals surface area contributed by atoms with E-state index in [1.165, 1.54) is 11.3 Å². The number of anilines is 2. The molecule has 5 heteroatoms. The zero-order valence-corrected chi connectivity index (χ0v) is 17.1. The van der Waals surface area contributed by atoms with Gasteiger partial charge in [-0.3, -0.25) is 0 Å². The van der Waals surface area contributed by atoms with Crippen molar-refractivity contribution in [2.75, 3.05) is 11.4 Å². The molecule has 1 aliphatic heterocycles. The van der Waals surface area contributed by atoms with Crippen LogP contribution in [0, 0.1) is 0 Å². The van der Waals surface area contributed by atoms with Crippen LogP contribution in [0.5, 0.6) is 5.75 Å². The van der Waals surface area contributed by atoms with Crippen LogP contribution in [0.3, 0.4) is 0 Å². The summed E-state index contributed by atoms with van der Waals surface area (Å²) in [6, 6.07) is 26.1. The minimum atomic E-state index is 0.503. The Morgan fingerprint density at radius 1 is 0.900 bits per heavy atom. The van der Waals surface area contributed by atoms with E-state index in [1.807, 2.05) is 60.8 Å². The summed E-state index contributed by atoms with van der Waals surface area (Å²) in [5.41, 5.74) is 5.54. The third-order valence-electron chi connectivity index (χ3n) is 5.24. The largest absolute Gasteiger partial charge is 0.489 e. The molecule has 0 fully saturated rings. The van der Waals surface area contributed by atoms with Gasteiger partial charge in [0.1, 0.15) is 12.4 Å². The molecule has 5 rings (SSSR count). The first kappa shape index (κ1) is 18.6. The number of halogens is 1. The van der Waals surface area contributed by atoms with Gasteiger partial charge < -0.3 is 9.64 Å². The minimum absolute atomic E-state index is 0.503. The molecule has 4 aromatic rings. The Labute approximate surface area is 180 Å². The molecule has 0 saturated heterocycles. The summed E-state index contributed by atoms with van der Waals surface area (Å²) >= 11 is 5.93. The fourth-order valence-corrected chi connectivity index (χ4v) is 3.78. The molecule has 0 bridgehead atoms. The highest BCUT2D eigenvalue weighted by molar-refractivity contribution is 6.30. The van der Waals surface area contributed by atoms with Gasteiger partial charge in [0.05, 0.1) is 5.69 Å². The fraction of sp³-hybridized carbons (Fsp3) is 0.120. The monoisotopic (exact) mass is 413 g/mol. The predicted molar refractivity (Wildman–Crippen MR) is 120 cm³/mol. The van der Waals surface area contributed by atoms with Crippen molar-refractivity contribution in [3.63, 3.8) is 0 Å². The van der Waals surface area contributed by atoms with E-state index in [2.05, 4.69) is 34.1 Å². The van der Waals surface area contributed by atoms with Crippen molar-refractivity contribution in [3.8, 4) is 17.0 Å². The van der Waals surface area contributed by atoms with Gasteiger partial charge in [-0.05, 0) is 66.1 Å². The normalized spacial score (nSPS) is 12.6. The minimum Gasteiger partial charge on any atom is -0.489 e. The van der Waals surface area contributed by atoms with Crippen molar-refractivity contribution in [3.05, 3.63) is 101 Å². The molecule has 1 aromatic heterocycles. The van der Waals surface area contributed by atoms with Gasteiger partial charge in [0.15, 0.2) is 0 Å². The second-order valence-corrected chi connectivity index (χ2v) is 7.65. The van der Waals surface area contributed by atoms with Gasteiger partial charge in [-0.2, -0.15) is 0 Å². The van der Waals surface area contributed by atoms with Gasteiger partial charge in [0.2, 0.25) is 5.95 Å². The SMILES string of the molecule is Clc1ccc(COc2ccc(-c3ccnc(N4CCc5ccccc54)n3)cc2)cc1. The topological polar surface area (TPSA) is 38.2 Å². The Kier molecular flexibility index (Phi) is 5.08. The molecule has 0 spiro atoms. The van der Waals surface area contributed by atoms with E-state index in [1.54, 1.807) is 0 Å². The number of ether oxygens (including phenoxy) is 1. The maximum Gasteiger partial charge on any atom is 0.230 e. The maximum absolute atomic E-state index is 5.93. The molecular formula is C25H20ClN3O. The number of nitrogens with zero attached hydrogens (tertiary/aromatic N) is 3. The number of aromatic nitrogens is 2. The lowest BCUT2D eigenvalue weighted by Gasteiger charge is -2.17. The van der Waals surface area contributed by atoms with Crippen LogP contribution in [0.4, 0.5) is 11.6 Å². The van der Waals surface area contributed by atoms with E-state index in [0.29, 0.717) is 6.61 Å². The Balaban J connectivity index is 1.31. The van der Waals surface area contributed by atoms with Gasteiger partial charge in [0, 0.05) is 29.0 Å². The van der Waals surface area contributed by atoms with Crippen molar-refractivity contribution in [2.24, 2.45) is 0 Å².